The maximum absolute atomic E-state index is 12.6. The van der Waals surface area contributed by atoms with Crippen LogP contribution in [-0.4, -0.2) is 63.2 Å². The summed E-state index contributed by atoms with van der Waals surface area (Å²) >= 11 is 0. The van der Waals surface area contributed by atoms with Gasteiger partial charge in [-0.1, -0.05) is 36.4 Å². The molecular weight excluding hydrogens is 482 g/mol. The first-order chi connectivity index (χ1) is 18.0. The molecule has 9 nitrogen and oxygen atoms in total. The standard InChI is InChI=1S/C29H37N5O4/c1-20(35)17-34(18-27(37)38-29(3,4)5)15-9-12-26(36)33-23-13-14-25-24(16-23)28(31-19-30-25)32-21(2)22-10-7-6-8-11-22/h6-14,16,19-21,35H,15,17-18H2,1-5H3,(H,33,36)(H,30,31,32)/b12-9+/t20-,21+/m0/s1. The lowest BCUT2D eigenvalue weighted by molar-refractivity contribution is -0.156. The first kappa shape index (κ1) is 28.7. The summed E-state index contributed by atoms with van der Waals surface area (Å²) in [6.45, 7) is 9.69. The van der Waals surface area contributed by atoms with Crippen molar-refractivity contribution in [1.82, 2.24) is 14.9 Å². The first-order valence-electron chi connectivity index (χ1n) is 12.7. The minimum Gasteiger partial charge on any atom is -0.459 e. The van der Waals surface area contributed by atoms with Gasteiger partial charge in [-0.15, -0.1) is 0 Å². The van der Waals surface area contributed by atoms with Crippen molar-refractivity contribution in [2.75, 3.05) is 30.3 Å². The molecule has 0 bridgehead atoms. The van der Waals surface area contributed by atoms with Gasteiger partial charge in [-0.3, -0.25) is 14.5 Å². The molecule has 0 saturated carbocycles. The Labute approximate surface area is 223 Å². The van der Waals surface area contributed by atoms with Crippen LogP contribution in [-0.2, 0) is 14.3 Å². The molecule has 2 atom stereocenters. The first-order valence-corrected chi connectivity index (χ1v) is 12.7. The smallest absolute Gasteiger partial charge is 0.320 e. The number of aliphatic hydroxyl groups excluding tert-OH is 1. The molecule has 2 aromatic carbocycles. The van der Waals surface area contributed by atoms with Crippen molar-refractivity contribution in [2.24, 2.45) is 0 Å². The number of carbonyl (C=O) groups is 2. The molecule has 1 heterocycles. The van der Waals surface area contributed by atoms with Crippen molar-refractivity contribution in [3.8, 4) is 0 Å². The highest BCUT2D eigenvalue weighted by atomic mass is 16.6. The second-order valence-corrected chi connectivity index (χ2v) is 10.3. The third kappa shape index (κ3) is 9.24. The van der Waals surface area contributed by atoms with Crippen molar-refractivity contribution < 1.29 is 19.4 Å². The molecule has 38 heavy (non-hydrogen) atoms. The molecule has 0 radical (unpaired) electrons. The average molecular weight is 520 g/mol. The highest BCUT2D eigenvalue weighted by molar-refractivity contribution is 6.01. The molecule has 3 rings (SSSR count). The van der Waals surface area contributed by atoms with Crippen molar-refractivity contribution in [3.05, 3.63) is 72.6 Å². The highest BCUT2D eigenvalue weighted by Gasteiger charge is 2.19. The third-order valence-corrected chi connectivity index (χ3v) is 5.48. The summed E-state index contributed by atoms with van der Waals surface area (Å²) in [6, 6.07) is 15.6. The van der Waals surface area contributed by atoms with Gasteiger partial charge >= 0.3 is 5.97 Å². The van der Waals surface area contributed by atoms with E-state index < -0.39 is 11.7 Å². The van der Waals surface area contributed by atoms with Crippen molar-refractivity contribution >= 4 is 34.3 Å². The van der Waals surface area contributed by atoms with Gasteiger partial charge in [-0.2, -0.15) is 0 Å². The lowest BCUT2D eigenvalue weighted by atomic mass is 10.1. The number of nitrogens with one attached hydrogen (secondary N) is 2. The molecule has 3 N–H and O–H groups in total. The Morgan fingerprint density at radius 2 is 1.84 bits per heavy atom. The van der Waals surface area contributed by atoms with Crippen LogP contribution in [0.2, 0.25) is 0 Å². The van der Waals surface area contributed by atoms with Crippen molar-refractivity contribution in [3.63, 3.8) is 0 Å². The van der Waals surface area contributed by atoms with Crippen LogP contribution in [0.5, 0.6) is 0 Å². The van der Waals surface area contributed by atoms with E-state index in [9.17, 15) is 14.7 Å². The second-order valence-electron chi connectivity index (χ2n) is 10.3. The molecule has 0 aliphatic heterocycles. The molecule has 0 saturated heterocycles. The fraction of sp³-hybridized carbons (Fsp3) is 0.379. The molecular formula is C29H37N5O4. The number of carbonyl (C=O) groups excluding carboxylic acids is 2. The molecule has 9 heteroatoms. The van der Waals surface area contributed by atoms with Crippen LogP contribution in [0.3, 0.4) is 0 Å². The van der Waals surface area contributed by atoms with Crippen LogP contribution in [0, 0.1) is 0 Å². The third-order valence-electron chi connectivity index (χ3n) is 5.48. The number of amides is 1. The predicted octanol–water partition coefficient (Wildman–Crippen LogP) is 4.32. The van der Waals surface area contributed by atoms with Crippen LogP contribution >= 0.6 is 0 Å². The average Bonchev–Trinajstić information content (AvgIpc) is 2.83. The Morgan fingerprint density at radius 3 is 2.53 bits per heavy atom. The van der Waals surface area contributed by atoms with E-state index in [2.05, 4.69) is 39.7 Å². The van der Waals surface area contributed by atoms with E-state index in [-0.39, 0.29) is 31.0 Å². The van der Waals surface area contributed by atoms with Gasteiger partial charge in [0.25, 0.3) is 0 Å². The number of rotatable bonds is 11. The van der Waals surface area contributed by atoms with Crippen LogP contribution in [0.1, 0.15) is 46.2 Å². The Balaban J connectivity index is 1.65. The number of benzene rings is 2. The summed E-state index contributed by atoms with van der Waals surface area (Å²) in [6.07, 6.45) is 3.94. The fourth-order valence-electron chi connectivity index (χ4n) is 3.91. The van der Waals surface area contributed by atoms with E-state index in [1.807, 2.05) is 30.3 Å². The fourth-order valence-corrected chi connectivity index (χ4v) is 3.91. The summed E-state index contributed by atoms with van der Waals surface area (Å²) in [5.74, 6) is -0.0306. The summed E-state index contributed by atoms with van der Waals surface area (Å²) in [5, 5.41) is 16.9. The predicted molar refractivity (Wildman–Crippen MR) is 150 cm³/mol. The number of hydrogen-bond donors (Lipinski definition) is 3. The molecule has 1 amide bonds. The zero-order valence-corrected chi connectivity index (χ0v) is 22.6. The minimum absolute atomic E-state index is 0.00991. The number of anilines is 2. The topological polar surface area (TPSA) is 117 Å². The molecule has 1 aromatic heterocycles. The van der Waals surface area contributed by atoms with E-state index in [0.717, 1.165) is 16.5 Å². The van der Waals surface area contributed by atoms with Gasteiger partial charge in [0.2, 0.25) is 5.91 Å². The molecule has 202 valence electrons. The van der Waals surface area contributed by atoms with Crippen LogP contribution in [0.4, 0.5) is 11.5 Å². The van der Waals surface area contributed by atoms with Crippen LogP contribution in [0.25, 0.3) is 10.9 Å². The summed E-state index contributed by atoms with van der Waals surface area (Å²) in [5.41, 5.74) is 1.90. The van der Waals surface area contributed by atoms with Gasteiger partial charge in [0.1, 0.15) is 17.7 Å². The molecule has 0 spiro atoms. The zero-order valence-electron chi connectivity index (χ0n) is 22.6. The lowest BCUT2D eigenvalue weighted by Gasteiger charge is -2.25. The molecule has 0 aliphatic carbocycles. The number of ether oxygens (including phenoxy) is 1. The van der Waals surface area contributed by atoms with Gasteiger partial charge in [0.15, 0.2) is 0 Å². The maximum atomic E-state index is 12.6. The highest BCUT2D eigenvalue weighted by Crippen LogP contribution is 2.26. The second kappa shape index (κ2) is 13.1. The number of fused-ring (bicyclic) bond motifs is 1. The Kier molecular flexibility index (Phi) is 9.92. The SMILES string of the molecule is C[C@H](O)CN(C/C=C/C(=O)Nc1ccc2ncnc(N[C@H](C)c3ccccc3)c2c1)CC(=O)OC(C)(C)C. The molecule has 3 aromatic rings. The number of aliphatic hydroxyl groups is 1. The monoisotopic (exact) mass is 519 g/mol. The number of hydrogen-bond acceptors (Lipinski definition) is 8. The van der Waals surface area contributed by atoms with Crippen LogP contribution in [0.15, 0.2) is 67.0 Å². The van der Waals surface area contributed by atoms with E-state index in [4.69, 9.17) is 4.74 Å². The van der Waals surface area contributed by atoms with E-state index in [0.29, 0.717) is 18.1 Å². The van der Waals surface area contributed by atoms with Gasteiger partial charge in [0, 0.05) is 36.3 Å². The Morgan fingerprint density at radius 1 is 1.11 bits per heavy atom. The van der Waals surface area contributed by atoms with E-state index in [1.54, 1.807) is 44.7 Å². The zero-order chi connectivity index (χ0) is 27.7. The summed E-state index contributed by atoms with van der Waals surface area (Å²) < 4.78 is 5.37. The maximum Gasteiger partial charge on any atom is 0.320 e. The van der Waals surface area contributed by atoms with Crippen LogP contribution < -0.4 is 10.6 Å². The van der Waals surface area contributed by atoms with Crippen molar-refractivity contribution in [1.29, 1.82) is 0 Å². The molecule has 0 unspecified atom stereocenters. The summed E-state index contributed by atoms with van der Waals surface area (Å²) in [4.78, 5) is 35.3. The number of aromatic nitrogens is 2. The Bertz CT molecular complexity index is 1250. The van der Waals surface area contributed by atoms with E-state index in [1.165, 1.54) is 12.4 Å². The minimum atomic E-state index is -0.633. The van der Waals surface area contributed by atoms with Gasteiger partial charge < -0.3 is 20.5 Å². The van der Waals surface area contributed by atoms with E-state index >= 15 is 0 Å². The van der Waals surface area contributed by atoms with Gasteiger partial charge in [-0.05, 0) is 58.4 Å². The van der Waals surface area contributed by atoms with Gasteiger partial charge in [-0.25, -0.2) is 9.97 Å². The van der Waals surface area contributed by atoms with Gasteiger partial charge in [0.05, 0.1) is 18.2 Å². The number of esters is 1. The van der Waals surface area contributed by atoms with Crippen molar-refractivity contribution in [2.45, 2.75) is 52.4 Å². The normalized spacial score (nSPS) is 13.4. The molecule has 0 fully saturated rings. The summed E-state index contributed by atoms with van der Waals surface area (Å²) in [7, 11) is 0. The Hall–Kier alpha value is -3.82. The molecule has 0 aliphatic rings. The lowest BCUT2D eigenvalue weighted by Crippen LogP contribution is -2.38. The number of nitrogens with zero attached hydrogens (tertiary/aromatic N) is 3. The quantitative estimate of drug-likeness (QED) is 0.253. The largest absolute Gasteiger partial charge is 0.459 e.